The number of aliphatic hydroxyl groups excluding tert-OH is 1. The maximum atomic E-state index is 9.80. The van der Waals surface area contributed by atoms with Crippen LogP contribution in [-0.2, 0) is 13.0 Å². The second kappa shape index (κ2) is 5.69. The smallest absolute Gasteiger partial charge is 0.118 e. The van der Waals surface area contributed by atoms with Crippen molar-refractivity contribution >= 4 is 0 Å². The quantitative estimate of drug-likeness (QED) is 0.854. The Bertz CT molecular complexity index is 348. The Morgan fingerprint density at radius 2 is 2.12 bits per heavy atom. The maximum absolute atomic E-state index is 9.80. The van der Waals surface area contributed by atoms with E-state index in [1.54, 1.807) is 0 Å². The number of aryl methyl sites for hydroxylation is 1. The molecule has 17 heavy (non-hydrogen) atoms. The normalized spacial score (nSPS) is 24.7. The van der Waals surface area contributed by atoms with Gasteiger partial charge in [-0.2, -0.15) is 0 Å². The van der Waals surface area contributed by atoms with Gasteiger partial charge in [0.1, 0.15) is 11.5 Å². The predicted octanol–water partition coefficient (Wildman–Crippen LogP) is 2.43. The number of rotatable bonds is 5. The standard InChI is InChI=1S/C14H23NO2/c1-3-12-7-8-13(17-12)10-15(2)9-11-5-4-6-14(11)16/h7-8,11,14,16H,3-6,9-10H2,1-2H3. The molecule has 1 N–H and O–H groups in total. The van der Waals surface area contributed by atoms with E-state index in [4.69, 9.17) is 4.42 Å². The summed E-state index contributed by atoms with van der Waals surface area (Å²) in [6, 6.07) is 4.11. The highest BCUT2D eigenvalue weighted by Gasteiger charge is 2.26. The van der Waals surface area contributed by atoms with Gasteiger partial charge in [-0.15, -0.1) is 0 Å². The van der Waals surface area contributed by atoms with Gasteiger partial charge in [0.15, 0.2) is 0 Å². The molecule has 0 aromatic carbocycles. The Morgan fingerprint density at radius 1 is 1.35 bits per heavy atom. The third-order valence-corrected chi connectivity index (χ3v) is 3.66. The Labute approximate surface area is 103 Å². The third-order valence-electron chi connectivity index (χ3n) is 3.66. The molecular weight excluding hydrogens is 214 g/mol. The van der Waals surface area contributed by atoms with E-state index in [-0.39, 0.29) is 6.10 Å². The molecule has 2 atom stereocenters. The molecule has 0 radical (unpaired) electrons. The first-order valence-electron chi connectivity index (χ1n) is 6.63. The first-order valence-corrected chi connectivity index (χ1v) is 6.63. The number of aliphatic hydroxyl groups is 1. The molecule has 0 saturated heterocycles. The van der Waals surface area contributed by atoms with Crippen LogP contribution in [0.2, 0.25) is 0 Å². The first kappa shape index (κ1) is 12.7. The minimum Gasteiger partial charge on any atom is -0.465 e. The van der Waals surface area contributed by atoms with Crippen LogP contribution in [0.25, 0.3) is 0 Å². The molecule has 0 spiro atoms. The highest BCUT2D eigenvalue weighted by Crippen LogP contribution is 2.26. The summed E-state index contributed by atoms with van der Waals surface area (Å²) in [7, 11) is 2.10. The van der Waals surface area contributed by atoms with E-state index in [1.165, 1.54) is 6.42 Å². The van der Waals surface area contributed by atoms with E-state index in [2.05, 4.69) is 24.9 Å². The summed E-state index contributed by atoms with van der Waals surface area (Å²) in [6.45, 7) is 3.90. The number of hydrogen-bond donors (Lipinski definition) is 1. The van der Waals surface area contributed by atoms with Gasteiger partial charge in [0.05, 0.1) is 12.6 Å². The average Bonchev–Trinajstić information content (AvgIpc) is 2.89. The highest BCUT2D eigenvalue weighted by atomic mass is 16.3. The van der Waals surface area contributed by atoms with Crippen molar-refractivity contribution in [2.75, 3.05) is 13.6 Å². The van der Waals surface area contributed by atoms with Gasteiger partial charge in [-0.05, 0) is 37.9 Å². The Balaban J connectivity index is 1.82. The van der Waals surface area contributed by atoms with Crippen molar-refractivity contribution < 1.29 is 9.52 Å². The van der Waals surface area contributed by atoms with Crippen LogP contribution in [0.5, 0.6) is 0 Å². The van der Waals surface area contributed by atoms with Crippen LogP contribution in [0.1, 0.15) is 37.7 Å². The summed E-state index contributed by atoms with van der Waals surface area (Å²) in [6.07, 6.45) is 4.15. The van der Waals surface area contributed by atoms with E-state index in [0.717, 1.165) is 43.9 Å². The van der Waals surface area contributed by atoms with Crippen LogP contribution < -0.4 is 0 Å². The monoisotopic (exact) mass is 237 g/mol. The Morgan fingerprint density at radius 3 is 2.71 bits per heavy atom. The zero-order valence-corrected chi connectivity index (χ0v) is 10.9. The molecule has 2 rings (SSSR count). The largest absolute Gasteiger partial charge is 0.465 e. The maximum Gasteiger partial charge on any atom is 0.118 e. The number of furan rings is 1. The van der Waals surface area contributed by atoms with Gasteiger partial charge in [0.2, 0.25) is 0 Å². The summed E-state index contributed by atoms with van der Waals surface area (Å²) in [5.41, 5.74) is 0. The molecule has 0 bridgehead atoms. The zero-order valence-electron chi connectivity index (χ0n) is 10.9. The average molecular weight is 237 g/mol. The van der Waals surface area contributed by atoms with Gasteiger partial charge < -0.3 is 9.52 Å². The molecule has 1 aromatic rings. The fourth-order valence-electron chi connectivity index (χ4n) is 2.66. The molecule has 2 unspecified atom stereocenters. The SMILES string of the molecule is CCc1ccc(CN(C)CC2CCCC2O)o1. The van der Waals surface area contributed by atoms with Gasteiger partial charge in [0.25, 0.3) is 0 Å². The summed E-state index contributed by atoms with van der Waals surface area (Å²) in [5.74, 6) is 2.52. The molecule has 1 fully saturated rings. The third kappa shape index (κ3) is 3.33. The van der Waals surface area contributed by atoms with Crippen LogP contribution in [0.15, 0.2) is 16.5 Å². The van der Waals surface area contributed by atoms with E-state index in [0.29, 0.717) is 5.92 Å². The summed E-state index contributed by atoms with van der Waals surface area (Å²) in [4.78, 5) is 2.25. The molecule has 3 nitrogen and oxygen atoms in total. The van der Waals surface area contributed by atoms with Crippen LogP contribution in [0, 0.1) is 5.92 Å². The second-order valence-electron chi connectivity index (χ2n) is 5.18. The molecule has 1 aliphatic rings. The number of nitrogens with zero attached hydrogens (tertiary/aromatic N) is 1. The summed E-state index contributed by atoms with van der Waals surface area (Å²) >= 11 is 0. The van der Waals surface area contributed by atoms with Gasteiger partial charge in [-0.3, -0.25) is 4.90 Å². The first-order chi connectivity index (χ1) is 8.19. The molecule has 1 aromatic heterocycles. The lowest BCUT2D eigenvalue weighted by atomic mass is 10.1. The summed E-state index contributed by atoms with van der Waals surface area (Å²) in [5, 5.41) is 9.80. The van der Waals surface area contributed by atoms with Gasteiger partial charge in [-0.1, -0.05) is 13.3 Å². The molecule has 1 saturated carbocycles. The van der Waals surface area contributed by atoms with Gasteiger partial charge in [0, 0.05) is 13.0 Å². The Kier molecular flexibility index (Phi) is 4.24. The molecular formula is C14H23NO2. The summed E-state index contributed by atoms with van der Waals surface area (Å²) < 4.78 is 5.69. The fourth-order valence-corrected chi connectivity index (χ4v) is 2.66. The van der Waals surface area contributed by atoms with E-state index in [1.807, 2.05) is 6.07 Å². The van der Waals surface area contributed by atoms with Crippen molar-refractivity contribution in [3.63, 3.8) is 0 Å². The lowest BCUT2D eigenvalue weighted by Gasteiger charge is -2.22. The molecule has 3 heteroatoms. The van der Waals surface area contributed by atoms with Crippen molar-refractivity contribution in [3.8, 4) is 0 Å². The van der Waals surface area contributed by atoms with Crippen LogP contribution in [0.4, 0.5) is 0 Å². The van der Waals surface area contributed by atoms with Crippen molar-refractivity contribution in [2.45, 2.75) is 45.3 Å². The lowest BCUT2D eigenvalue weighted by Crippen LogP contribution is -2.29. The topological polar surface area (TPSA) is 36.6 Å². The molecule has 96 valence electrons. The molecule has 1 aliphatic carbocycles. The minimum absolute atomic E-state index is 0.0970. The van der Waals surface area contributed by atoms with Crippen molar-refractivity contribution in [1.82, 2.24) is 4.90 Å². The minimum atomic E-state index is -0.0970. The molecule has 0 aliphatic heterocycles. The lowest BCUT2D eigenvalue weighted by molar-refractivity contribution is 0.106. The van der Waals surface area contributed by atoms with Crippen LogP contribution >= 0.6 is 0 Å². The van der Waals surface area contributed by atoms with Crippen LogP contribution in [0.3, 0.4) is 0 Å². The highest BCUT2D eigenvalue weighted by molar-refractivity contribution is 5.06. The van der Waals surface area contributed by atoms with Gasteiger partial charge >= 0.3 is 0 Å². The predicted molar refractivity (Wildman–Crippen MR) is 67.8 cm³/mol. The van der Waals surface area contributed by atoms with Gasteiger partial charge in [-0.25, -0.2) is 0 Å². The van der Waals surface area contributed by atoms with E-state index >= 15 is 0 Å². The van der Waals surface area contributed by atoms with Crippen molar-refractivity contribution in [1.29, 1.82) is 0 Å². The molecule has 0 amide bonds. The zero-order chi connectivity index (χ0) is 12.3. The van der Waals surface area contributed by atoms with Crippen molar-refractivity contribution in [3.05, 3.63) is 23.7 Å². The Hall–Kier alpha value is -0.800. The van der Waals surface area contributed by atoms with E-state index < -0.39 is 0 Å². The van der Waals surface area contributed by atoms with Crippen molar-refractivity contribution in [2.24, 2.45) is 5.92 Å². The number of hydrogen-bond acceptors (Lipinski definition) is 3. The second-order valence-corrected chi connectivity index (χ2v) is 5.18. The molecule has 1 heterocycles. The fraction of sp³-hybridized carbons (Fsp3) is 0.714. The van der Waals surface area contributed by atoms with E-state index in [9.17, 15) is 5.11 Å². The van der Waals surface area contributed by atoms with Crippen LogP contribution in [-0.4, -0.2) is 29.7 Å².